The number of aliphatic imine (C=N–C) groups is 1. The number of carbonyl (C=O) groups is 2. The van der Waals surface area contributed by atoms with Gasteiger partial charge in [0.15, 0.2) is 5.71 Å². The fourth-order valence-electron chi connectivity index (χ4n) is 1.61. The van der Waals surface area contributed by atoms with Gasteiger partial charge in [-0.2, -0.15) is 0 Å². The Hall–Kier alpha value is -2.83. The fourth-order valence-corrected chi connectivity index (χ4v) is 1.61. The van der Waals surface area contributed by atoms with Crippen molar-refractivity contribution < 1.29 is 23.8 Å². The molecule has 0 aromatic heterocycles. The van der Waals surface area contributed by atoms with E-state index in [0.717, 1.165) is 11.8 Å². The summed E-state index contributed by atoms with van der Waals surface area (Å²) in [7, 11) is 3.94. The summed E-state index contributed by atoms with van der Waals surface area (Å²) < 4.78 is 14.2. The number of hydrogen-bond acceptors (Lipinski definition) is 7. The zero-order valence-electron chi connectivity index (χ0n) is 12.7. The van der Waals surface area contributed by atoms with Crippen molar-refractivity contribution in [3.05, 3.63) is 41.6 Å². The van der Waals surface area contributed by atoms with Crippen LogP contribution in [0.1, 0.15) is 5.56 Å². The second-order valence-corrected chi connectivity index (χ2v) is 4.08. The highest BCUT2D eigenvalue weighted by atomic mass is 16.5. The van der Waals surface area contributed by atoms with E-state index in [1.54, 1.807) is 31.4 Å². The maximum absolute atomic E-state index is 11.8. The van der Waals surface area contributed by atoms with Crippen molar-refractivity contribution >= 4 is 17.7 Å². The number of hydrogen-bond donors (Lipinski definition) is 1. The Bertz CT molecular complexity index is 590. The molecule has 2 N–H and O–H groups in total. The van der Waals surface area contributed by atoms with Crippen LogP contribution in [0, 0.1) is 0 Å². The lowest BCUT2D eigenvalue weighted by Gasteiger charge is -2.07. The molecule has 7 heteroatoms. The van der Waals surface area contributed by atoms with Crippen LogP contribution < -0.4 is 10.5 Å². The van der Waals surface area contributed by atoms with Crippen LogP contribution >= 0.6 is 0 Å². The van der Waals surface area contributed by atoms with Gasteiger partial charge in [0.05, 0.1) is 27.9 Å². The first-order chi connectivity index (χ1) is 10.6. The Kier molecular flexibility index (Phi) is 6.62. The highest BCUT2D eigenvalue weighted by molar-refractivity contribution is 6.49. The molecule has 0 fully saturated rings. The van der Waals surface area contributed by atoms with Gasteiger partial charge in [-0.3, -0.25) is 4.99 Å². The molecule has 0 aliphatic carbocycles. The third-order valence-electron chi connectivity index (χ3n) is 2.78. The van der Waals surface area contributed by atoms with Crippen LogP contribution in [-0.2, 0) is 25.6 Å². The van der Waals surface area contributed by atoms with Gasteiger partial charge in [-0.1, -0.05) is 12.1 Å². The minimum absolute atomic E-state index is 0.150. The number of benzene rings is 1. The Morgan fingerprint density at radius 3 is 2.14 bits per heavy atom. The molecular weight excluding hydrogens is 288 g/mol. The van der Waals surface area contributed by atoms with E-state index in [2.05, 4.69) is 14.5 Å². The van der Waals surface area contributed by atoms with Gasteiger partial charge in [-0.05, 0) is 17.7 Å². The van der Waals surface area contributed by atoms with Crippen molar-refractivity contribution in [2.75, 3.05) is 21.3 Å². The molecule has 7 nitrogen and oxygen atoms in total. The first kappa shape index (κ1) is 17.2. The van der Waals surface area contributed by atoms with Gasteiger partial charge in [-0.15, -0.1) is 0 Å². The number of rotatable bonds is 6. The van der Waals surface area contributed by atoms with Crippen molar-refractivity contribution in [3.63, 3.8) is 0 Å². The van der Waals surface area contributed by atoms with E-state index in [1.165, 1.54) is 14.2 Å². The molecule has 22 heavy (non-hydrogen) atoms. The average molecular weight is 306 g/mol. The molecule has 0 radical (unpaired) electrons. The van der Waals surface area contributed by atoms with Crippen LogP contribution in [0.15, 0.2) is 41.0 Å². The Balaban J connectivity index is 3.05. The minimum atomic E-state index is -0.768. The lowest BCUT2D eigenvalue weighted by molar-refractivity contribution is -0.137. The van der Waals surface area contributed by atoms with Crippen LogP contribution in [0.5, 0.6) is 5.75 Å². The number of carbonyl (C=O) groups excluding carboxylic acids is 2. The molecule has 118 valence electrons. The molecule has 0 saturated carbocycles. The monoisotopic (exact) mass is 306 g/mol. The maximum Gasteiger partial charge on any atom is 0.357 e. The highest BCUT2D eigenvalue weighted by Gasteiger charge is 2.23. The van der Waals surface area contributed by atoms with E-state index in [1.807, 2.05) is 0 Å². The Morgan fingerprint density at radius 2 is 1.68 bits per heavy atom. The minimum Gasteiger partial charge on any atom is -0.497 e. The summed E-state index contributed by atoms with van der Waals surface area (Å²) in [4.78, 5) is 27.5. The predicted molar refractivity (Wildman–Crippen MR) is 80.4 cm³/mol. The average Bonchev–Trinajstić information content (AvgIpc) is 2.57. The van der Waals surface area contributed by atoms with Crippen molar-refractivity contribution in [1.29, 1.82) is 0 Å². The zero-order valence-corrected chi connectivity index (χ0v) is 12.7. The van der Waals surface area contributed by atoms with Gasteiger partial charge in [0.2, 0.25) is 0 Å². The molecule has 1 aromatic rings. The van der Waals surface area contributed by atoms with Gasteiger partial charge in [0, 0.05) is 6.20 Å². The van der Waals surface area contributed by atoms with Crippen LogP contribution in [-0.4, -0.2) is 39.0 Å². The number of methoxy groups -OCH3 is 3. The van der Waals surface area contributed by atoms with E-state index in [4.69, 9.17) is 10.5 Å². The van der Waals surface area contributed by atoms with Crippen LogP contribution in [0.2, 0.25) is 0 Å². The topological polar surface area (TPSA) is 100 Å². The highest BCUT2D eigenvalue weighted by Crippen LogP contribution is 2.13. The molecule has 0 aliphatic rings. The van der Waals surface area contributed by atoms with E-state index >= 15 is 0 Å². The van der Waals surface area contributed by atoms with Gasteiger partial charge in [-0.25, -0.2) is 9.59 Å². The second kappa shape index (κ2) is 8.46. The fraction of sp³-hybridized carbons (Fsp3) is 0.267. The first-order valence-corrected chi connectivity index (χ1v) is 6.33. The third kappa shape index (κ3) is 4.34. The molecule has 1 rings (SSSR count). The molecule has 0 heterocycles. The summed E-state index contributed by atoms with van der Waals surface area (Å²) in [6.07, 6.45) is 0.968. The summed E-state index contributed by atoms with van der Waals surface area (Å²) >= 11 is 0. The lowest BCUT2D eigenvalue weighted by Crippen LogP contribution is -2.25. The summed E-state index contributed by atoms with van der Waals surface area (Å²) in [6, 6.07) is 7.12. The Labute approximate surface area is 128 Å². The first-order valence-electron chi connectivity index (χ1n) is 6.33. The van der Waals surface area contributed by atoms with Crippen LogP contribution in [0.4, 0.5) is 0 Å². The normalized spacial score (nSPS) is 11.8. The standard InChI is InChI=1S/C15H18N2O5/c1-20-11-6-4-10(5-7-11)9-17-13(15(19)22-3)12(8-16)14(18)21-2/h4-8H,9,16H2,1-3H3. The number of esters is 2. The summed E-state index contributed by atoms with van der Waals surface area (Å²) in [5.74, 6) is -0.824. The number of nitrogens with two attached hydrogens (primary N) is 1. The molecule has 0 saturated heterocycles. The van der Waals surface area contributed by atoms with Crippen molar-refractivity contribution in [1.82, 2.24) is 0 Å². The number of nitrogens with zero attached hydrogens (tertiary/aromatic N) is 1. The van der Waals surface area contributed by atoms with Crippen molar-refractivity contribution in [2.45, 2.75) is 6.54 Å². The third-order valence-corrected chi connectivity index (χ3v) is 2.78. The van der Waals surface area contributed by atoms with E-state index in [0.29, 0.717) is 5.75 Å². The largest absolute Gasteiger partial charge is 0.497 e. The van der Waals surface area contributed by atoms with E-state index < -0.39 is 11.9 Å². The van der Waals surface area contributed by atoms with Crippen LogP contribution in [0.3, 0.4) is 0 Å². The predicted octanol–water partition coefficient (Wildman–Crippen LogP) is 0.825. The number of ether oxygens (including phenoxy) is 3. The molecular formula is C15H18N2O5. The summed E-state index contributed by atoms with van der Waals surface area (Å²) in [6.45, 7) is 0.169. The van der Waals surface area contributed by atoms with Crippen molar-refractivity contribution in [2.24, 2.45) is 10.7 Å². The molecule has 0 atom stereocenters. The van der Waals surface area contributed by atoms with Crippen molar-refractivity contribution in [3.8, 4) is 5.75 Å². The Morgan fingerprint density at radius 1 is 1.09 bits per heavy atom. The SMILES string of the molecule is COC(=O)C(=CN)C(=NCc1ccc(OC)cc1)C(=O)OC. The molecule has 0 unspecified atom stereocenters. The van der Waals surface area contributed by atoms with E-state index in [9.17, 15) is 9.59 Å². The smallest absolute Gasteiger partial charge is 0.357 e. The van der Waals surface area contributed by atoms with Gasteiger partial charge < -0.3 is 19.9 Å². The molecule has 0 amide bonds. The molecule has 1 aromatic carbocycles. The van der Waals surface area contributed by atoms with Gasteiger partial charge >= 0.3 is 11.9 Å². The van der Waals surface area contributed by atoms with Gasteiger partial charge in [0.1, 0.15) is 11.3 Å². The molecule has 0 spiro atoms. The maximum atomic E-state index is 11.8. The quantitative estimate of drug-likeness (QED) is 0.474. The van der Waals surface area contributed by atoms with E-state index in [-0.39, 0.29) is 17.8 Å². The summed E-state index contributed by atoms with van der Waals surface area (Å²) in [5.41, 5.74) is 5.87. The van der Waals surface area contributed by atoms with Gasteiger partial charge in [0.25, 0.3) is 0 Å². The zero-order chi connectivity index (χ0) is 16.5. The summed E-state index contributed by atoms with van der Waals surface area (Å²) in [5, 5.41) is 0. The molecule has 0 aliphatic heterocycles. The molecule has 0 bridgehead atoms. The lowest BCUT2D eigenvalue weighted by atomic mass is 10.1. The second-order valence-electron chi connectivity index (χ2n) is 4.08. The van der Waals surface area contributed by atoms with Crippen LogP contribution in [0.25, 0.3) is 0 Å².